The minimum absolute atomic E-state index is 0.0496. The first-order valence-electron chi connectivity index (χ1n) is 10.3. The van der Waals surface area contributed by atoms with E-state index >= 15 is 0 Å². The normalized spacial score (nSPS) is 18.0. The number of pyridine rings is 2. The summed E-state index contributed by atoms with van der Waals surface area (Å²) in [7, 11) is 1.81. The second-order valence-electron chi connectivity index (χ2n) is 7.91. The number of anilines is 1. The smallest absolute Gasteiger partial charge is 0.333 e. The van der Waals surface area contributed by atoms with Gasteiger partial charge < -0.3 is 14.5 Å². The minimum Gasteiger partial charge on any atom is -0.381 e. The number of hydrogen-bond donors (Lipinski definition) is 1. The van der Waals surface area contributed by atoms with Crippen LogP contribution in [0.25, 0.3) is 17.0 Å². The van der Waals surface area contributed by atoms with Crippen LogP contribution >= 0.6 is 0 Å². The molecule has 5 rings (SSSR count). The van der Waals surface area contributed by atoms with E-state index in [1.807, 2.05) is 13.1 Å². The number of hydrogen-bond acceptors (Lipinski definition) is 6. The molecule has 0 unspecified atom stereocenters. The van der Waals surface area contributed by atoms with E-state index in [4.69, 9.17) is 9.72 Å². The van der Waals surface area contributed by atoms with E-state index < -0.39 is 0 Å². The topological polar surface area (TPSA) is 96.3 Å². The first-order chi connectivity index (χ1) is 14.6. The van der Waals surface area contributed by atoms with E-state index in [-0.39, 0.29) is 11.6 Å². The molecule has 9 nitrogen and oxygen atoms in total. The lowest BCUT2D eigenvalue weighted by Crippen LogP contribution is -2.36. The Labute approximate surface area is 173 Å². The average molecular weight is 408 g/mol. The van der Waals surface area contributed by atoms with Gasteiger partial charge in [-0.15, -0.1) is 0 Å². The van der Waals surface area contributed by atoms with Gasteiger partial charge in [-0.2, -0.15) is 0 Å². The predicted molar refractivity (Wildman–Crippen MR) is 112 cm³/mol. The zero-order valence-corrected chi connectivity index (χ0v) is 16.9. The minimum atomic E-state index is -0.302. The van der Waals surface area contributed by atoms with Gasteiger partial charge in [0.1, 0.15) is 11.6 Å². The van der Waals surface area contributed by atoms with Crippen LogP contribution in [0.3, 0.4) is 0 Å². The summed E-state index contributed by atoms with van der Waals surface area (Å²) >= 11 is 0. The molecule has 2 aliphatic rings. The van der Waals surface area contributed by atoms with Crippen LogP contribution < -0.4 is 10.6 Å². The van der Waals surface area contributed by atoms with Crippen LogP contribution in [0.5, 0.6) is 0 Å². The lowest BCUT2D eigenvalue weighted by atomic mass is 9.99. The van der Waals surface area contributed by atoms with Gasteiger partial charge in [-0.05, 0) is 43.0 Å². The number of H-pyrrole nitrogens is 1. The number of ether oxygens (including phenoxy) is 1. The molecule has 2 aliphatic heterocycles. The van der Waals surface area contributed by atoms with Gasteiger partial charge in [0.15, 0.2) is 5.65 Å². The third-order valence-electron chi connectivity index (χ3n) is 5.95. The zero-order valence-electron chi connectivity index (χ0n) is 16.9. The molecule has 1 N–H and O–H groups in total. The molecule has 0 atom stereocenters. The van der Waals surface area contributed by atoms with Crippen molar-refractivity contribution in [3.05, 3.63) is 46.5 Å². The van der Waals surface area contributed by atoms with Crippen molar-refractivity contribution in [3.8, 4) is 5.82 Å². The number of likely N-dealkylation sites (N-methyl/N-ethyl adjacent to an activating group) is 1. The molecule has 0 bridgehead atoms. The largest absolute Gasteiger partial charge is 0.381 e. The number of aromatic amines is 1. The lowest BCUT2D eigenvalue weighted by molar-refractivity contribution is 0.0681. The molecule has 0 saturated carbocycles. The molecule has 1 saturated heterocycles. The maximum absolute atomic E-state index is 12.9. The Bertz CT molecular complexity index is 1150. The van der Waals surface area contributed by atoms with Crippen molar-refractivity contribution in [3.63, 3.8) is 0 Å². The number of nitrogens with zero attached hydrogens (tertiary/aromatic N) is 5. The maximum atomic E-state index is 12.9. The van der Waals surface area contributed by atoms with E-state index in [1.54, 1.807) is 29.3 Å². The quantitative estimate of drug-likeness (QED) is 0.704. The Morgan fingerprint density at radius 1 is 1.17 bits per heavy atom. The molecule has 0 aromatic carbocycles. The molecule has 1 fully saturated rings. The third-order valence-corrected chi connectivity index (χ3v) is 5.95. The Hall–Kier alpha value is -3.20. The summed E-state index contributed by atoms with van der Waals surface area (Å²) in [5.74, 6) is 1.56. The molecular formula is C21H24N6O3. The van der Waals surface area contributed by atoms with E-state index in [9.17, 15) is 9.59 Å². The third kappa shape index (κ3) is 3.24. The number of fused-ring (bicyclic) bond motifs is 2. The number of rotatable bonds is 3. The molecule has 30 heavy (non-hydrogen) atoms. The van der Waals surface area contributed by atoms with Gasteiger partial charge in [0.2, 0.25) is 0 Å². The molecule has 3 aromatic rings. The van der Waals surface area contributed by atoms with Crippen molar-refractivity contribution in [1.29, 1.82) is 0 Å². The fourth-order valence-electron chi connectivity index (χ4n) is 4.24. The van der Waals surface area contributed by atoms with Gasteiger partial charge in [0.25, 0.3) is 5.91 Å². The maximum Gasteiger partial charge on any atom is 0.333 e. The number of amides is 1. The number of carbonyl (C=O) groups excluding carboxylic acids is 1. The summed E-state index contributed by atoms with van der Waals surface area (Å²) in [6.07, 6.45) is 3.64. The molecule has 0 aliphatic carbocycles. The van der Waals surface area contributed by atoms with Gasteiger partial charge in [0, 0.05) is 46.1 Å². The summed E-state index contributed by atoms with van der Waals surface area (Å²) in [6.45, 7) is 3.70. The summed E-state index contributed by atoms with van der Waals surface area (Å²) in [6, 6.07) is 7.11. The molecule has 5 heterocycles. The molecule has 1 amide bonds. The molecule has 3 aromatic heterocycles. The van der Waals surface area contributed by atoms with Crippen LogP contribution in [-0.2, 0) is 4.74 Å². The molecule has 156 valence electrons. The highest BCUT2D eigenvalue weighted by Gasteiger charge is 2.28. The number of aromatic nitrogens is 4. The Morgan fingerprint density at radius 2 is 2.00 bits per heavy atom. The molecule has 9 heteroatoms. The van der Waals surface area contributed by atoms with Crippen LogP contribution in [0.1, 0.15) is 23.2 Å². The van der Waals surface area contributed by atoms with Crippen molar-refractivity contribution in [2.24, 2.45) is 5.92 Å². The van der Waals surface area contributed by atoms with Crippen LogP contribution in [0.2, 0.25) is 0 Å². The SMILES string of the molecule is CN1CCN(CC2CCOCC2)c2nc(-n3c(=O)[nH]c4ncccc43)ccc2C1=O. The monoisotopic (exact) mass is 408 g/mol. The van der Waals surface area contributed by atoms with E-state index in [0.29, 0.717) is 47.4 Å². The van der Waals surface area contributed by atoms with Crippen molar-refractivity contribution < 1.29 is 9.53 Å². The summed E-state index contributed by atoms with van der Waals surface area (Å²) in [5, 5.41) is 0. The molecule has 0 radical (unpaired) electrons. The fourth-order valence-corrected chi connectivity index (χ4v) is 4.24. The summed E-state index contributed by atoms with van der Waals surface area (Å²) < 4.78 is 7.00. The van der Waals surface area contributed by atoms with Crippen LogP contribution in [0.4, 0.5) is 5.82 Å². The van der Waals surface area contributed by atoms with E-state index in [2.05, 4.69) is 14.9 Å². The second-order valence-corrected chi connectivity index (χ2v) is 7.91. The summed E-state index contributed by atoms with van der Waals surface area (Å²) in [5.41, 5.74) is 1.43. The van der Waals surface area contributed by atoms with Gasteiger partial charge in [-0.25, -0.2) is 19.3 Å². The number of imidazole rings is 1. The van der Waals surface area contributed by atoms with Crippen molar-refractivity contribution in [2.45, 2.75) is 12.8 Å². The second kappa shape index (κ2) is 7.56. The van der Waals surface area contributed by atoms with Crippen molar-refractivity contribution in [2.75, 3.05) is 44.8 Å². The van der Waals surface area contributed by atoms with Crippen molar-refractivity contribution >= 4 is 22.9 Å². The zero-order chi connectivity index (χ0) is 20.7. The van der Waals surface area contributed by atoms with Gasteiger partial charge in [-0.3, -0.25) is 9.78 Å². The Kier molecular flexibility index (Phi) is 4.74. The Balaban J connectivity index is 1.60. The fraction of sp³-hybridized carbons (Fsp3) is 0.429. The van der Waals surface area contributed by atoms with Crippen LogP contribution in [0, 0.1) is 5.92 Å². The molecule has 0 spiro atoms. The van der Waals surface area contributed by atoms with Crippen LogP contribution in [-0.4, -0.2) is 70.2 Å². The lowest BCUT2D eigenvalue weighted by Gasteiger charge is -2.30. The van der Waals surface area contributed by atoms with E-state index in [0.717, 1.165) is 32.6 Å². The highest BCUT2D eigenvalue weighted by atomic mass is 16.5. The highest BCUT2D eigenvalue weighted by molar-refractivity contribution is 5.99. The van der Waals surface area contributed by atoms with E-state index in [1.165, 1.54) is 4.57 Å². The first-order valence-corrected chi connectivity index (χ1v) is 10.3. The summed E-state index contributed by atoms with van der Waals surface area (Å²) in [4.78, 5) is 41.2. The number of carbonyl (C=O) groups is 1. The highest BCUT2D eigenvalue weighted by Crippen LogP contribution is 2.27. The average Bonchev–Trinajstić information content (AvgIpc) is 3.06. The standard InChI is InChI=1S/C21H24N6O3/c1-25-9-10-26(13-14-6-11-30-12-7-14)19-15(20(25)28)4-5-17(23-19)27-16-3-2-8-22-18(16)24-21(27)29/h2-5,8,14H,6-7,9-13H2,1H3,(H,22,24,29). The van der Waals surface area contributed by atoms with Gasteiger partial charge in [0.05, 0.1) is 11.1 Å². The van der Waals surface area contributed by atoms with Crippen LogP contribution in [0.15, 0.2) is 35.3 Å². The molecular weight excluding hydrogens is 384 g/mol. The van der Waals surface area contributed by atoms with Gasteiger partial charge in [-0.1, -0.05) is 0 Å². The number of nitrogens with one attached hydrogen (secondary N) is 1. The Morgan fingerprint density at radius 3 is 2.83 bits per heavy atom. The van der Waals surface area contributed by atoms with Crippen molar-refractivity contribution in [1.82, 2.24) is 24.4 Å². The predicted octanol–water partition coefficient (Wildman–Crippen LogP) is 1.43. The first kappa shape index (κ1) is 18.8. The van der Waals surface area contributed by atoms with Gasteiger partial charge >= 0.3 is 5.69 Å².